The molecule has 11 rings (SSSR count). The standard InChI is InChI=1S/C52H32N2S/c1-2-13-33(14-3-1)34-25-27-36(28-26-34)46-32-47(41-20-9-8-19-40(41)42-22-12-24-49-50(42)44-21-10-11-23-48(44)55-49)54-52(53-46)51-39-18-7-5-16-37(39)31-45-38-17-6-4-15-35(38)29-30-43(45)51/h1-32H. The van der Waals surface area contributed by atoms with Gasteiger partial charge in [-0.25, -0.2) is 9.97 Å². The van der Waals surface area contributed by atoms with Crippen molar-refractivity contribution in [1.82, 2.24) is 9.97 Å². The Kier molecular flexibility index (Phi) is 7.39. The van der Waals surface area contributed by atoms with Gasteiger partial charge >= 0.3 is 0 Å². The highest BCUT2D eigenvalue weighted by Gasteiger charge is 2.20. The number of hydrogen-bond donors (Lipinski definition) is 0. The second-order valence-electron chi connectivity index (χ2n) is 14.1. The summed E-state index contributed by atoms with van der Waals surface area (Å²) in [6, 6.07) is 69.7. The van der Waals surface area contributed by atoms with Crippen molar-refractivity contribution in [3.63, 3.8) is 0 Å². The average Bonchev–Trinajstić information content (AvgIpc) is 3.65. The van der Waals surface area contributed by atoms with Gasteiger partial charge in [0.2, 0.25) is 0 Å². The second-order valence-corrected chi connectivity index (χ2v) is 15.2. The summed E-state index contributed by atoms with van der Waals surface area (Å²) >= 11 is 1.85. The highest BCUT2D eigenvalue weighted by molar-refractivity contribution is 7.25. The zero-order valence-electron chi connectivity index (χ0n) is 29.8. The third-order valence-corrected chi connectivity index (χ3v) is 12.0. The maximum absolute atomic E-state index is 5.55. The molecule has 0 spiro atoms. The van der Waals surface area contributed by atoms with Crippen LogP contribution >= 0.6 is 11.3 Å². The molecule has 0 aliphatic heterocycles. The van der Waals surface area contributed by atoms with Crippen molar-refractivity contribution >= 4 is 63.8 Å². The Bertz CT molecular complexity index is 3250. The Balaban J connectivity index is 1.19. The van der Waals surface area contributed by atoms with Crippen LogP contribution in [-0.2, 0) is 0 Å². The predicted octanol–water partition coefficient (Wildman–Crippen LogP) is 14.6. The summed E-state index contributed by atoms with van der Waals surface area (Å²) in [4.78, 5) is 11.0. The Morgan fingerprint density at radius 2 is 0.945 bits per heavy atom. The van der Waals surface area contributed by atoms with E-state index in [1.54, 1.807) is 0 Å². The molecule has 0 unspecified atom stereocenters. The van der Waals surface area contributed by atoms with Gasteiger partial charge in [-0.3, -0.25) is 0 Å². The van der Waals surface area contributed by atoms with Crippen molar-refractivity contribution in [3.8, 4) is 56.2 Å². The third-order valence-electron chi connectivity index (χ3n) is 10.9. The minimum absolute atomic E-state index is 0.714. The van der Waals surface area contributed by atoms with Crippen LogP contribution in [0.5, 0.6) is 0 Å². The third kappa shape index (κ3) is 5.32. The van der Waals surface area contributed by atoms with Gasteiger partial charge < -0.3 is 0 Å². The summed E-state index contributed by atoms with van der Waals surface area (Å²) < 4.78 is 2.58. The van der Waals surface area contributed by atoms with E-state index < -0.39 is 0 Å². The van der Waals surface area contributed by atoms with E-state index >= 15 is 0 Å². The molecule has 0 saturated carbocycles. The number of benzene rings is 9. The molecule has 2 heterocycles. The first-order chi connectivity index (χ1) is 27.3. The Hall–Kier alpha value is -6.94. The van der Waals surface area contributed by atoms with E-state index in [9.17, 15) is 0 Å². The molecule has 0 N–H and O–H groups in total. The van der Waals surface area contributed by atoms with Crippen LogP contribution in [0, 0.1) is 0 Å². The summed E-state index contributed by atoms with van der Waals surface area (Å²) in [6.45, 7) is 0. The topological polar surface area (TPSA) is 25.8 Å². The molecule has 0 bridgehead atoms. The van der Waals surface area contributed by atoms with Crippen molar-refractivity contribution in [2.24, 2.45) is 0 Å². The Labute approximate surface area is 322 Å². The lowest BCUT2D eigenvalue weighted by Gasteiger charge is -2.16. The SMILES string of the molecule is c1ccc(-c2ccc(-c3cc(-c4ccccc4-c4cccc5sc6ccccc6c45)nc(-c4c5ccccc5cc5c4ccc4ccccc45)n3)cc2)cc1. The van der Waals surface area contributed by atoms with Gasteiger partial charge in [-0.1, -0.05) is 170 Å². The van der Waals surface area contributed by atoms with Gasteiger partial charge in [-0.15, -0.1) is 11.3 Å². The lowest BCUT2D eigenvalue weighted by atomic mass is 9.92. The summed E-state index contributed by atoms with van der Waals surface area (Å²) in [5, 5.41) is 9.65. The number of nitrogens with zero attached hydrogens (tertiary/aromatic N) is 2. The van der Waals surface area contributed by atoms with Gasteiger partial charge in [0.25, 0.3) is 0 Å². The summed E-state index contributed by atoms with van der Waals surface area (Å²) in [5.41, 5.74) is 9.67. The van der Waals surface area contributed by atoms with E-state index in [0.29, 0.717) is 5.82 Å². The summed E-state index contributed by atoms with van der Waals surface area (Å²) in [7, 11) is 0. The molecule has 3 heteroatoms. The molecule has 2 nitrogen and oxygen atoms in total. The number of thiophene rings is 1. The normalized spacial score (nSPS) is 11.6. The predicted molar refractivity (Wildman–Crippen MR) is 235 cm³/mol. The molecule has 0 saturated heterocycles. The van der Waals surface area contributed by atoms with Gasteiger partial charge in [0.15, 0.2) is 5.82 Å². The molecule has 55 heavy (non-hydrogen) atoms. The quantitative estimate of drug-likeness (QED) is 0.131. The maximum Gasteiger partial charge on any atom is 0.161 e. The smallest absolute Gasteiger partial charge is 0.161 e. The fourth-order valence-corrected chi connectivity index (χ4v) is 9.44. The Morgan fingerprint density at radius 1 is 0.327 bits per heavy atom. The fourth-order valence-electron chi connectivity index (χ4n) is 8.31. The summed E-state index contributed by atoms with van der Waals surface area (Å²) in [5.74, 6) is 0.714. The van der Waals surface area contributed by atoms with E-state index in [2.05, 4.69) is 194 Å². The molecule has 0 amide bonds. The second kappa shape index (κ2) is 12.9. The van der Waals surface area contributed by atoms with Crippen LogP contribution in [0.15, 0.2) is 194 Å². The van der Waals surface area contributed by atoms with E-state index in [4.69, 9.17) is 9.97 Å². The molecule has 0 fully saturated rings. The number of rotatable bonds is 5. The maximum atomic E-state index is 5.55. The zero-order chi connectivity index (χ0) is 36.3. The van der Waals surface area contributed by atoms with Gasteiger partial charge in [0, 0.05) is 36.9 Å². The molecule has 11 aromatic rings. The van der Waals surface area contributed by atoms with Gasteiger partial charge in [-0.2, -0.15) is 0 Å². The molecule has 9 aromatic carbocycles. The first kappa shape index (κ1) is 31.6. The molecule has 2 aromatic heterocycles. The van der Waals surface area contributed by atoms with E-state index in [1.807, 2.05) is 11.3 Å². The largest absolute Gasteiger partial charge is 0.228 e. The van der Waals surface area contributed by atoms with Crippen molar-refractivity contribution in [2.75, 3.05) is 0 Å². The van der Waals surface area contributed by atoms with Gasteiger partial charge in [-0.05, 0) is 78.8 Å². The highest BCUT2D eigenvalue weighted by Crippen LogP contribution is 2.44. The molecule has 0 aliphatic rings. The van der Waals surface area contributed by atoms with Crippen LogP contribution in [0.2, 0.25) is 0 Å². The number of aromatic nitrogens is 2. The van der Waals surface area contributed by atoms with Crippen LogP contribution in [-0.4, -0.2) is 9.97 Å². The van der Waals surface area contributed by atoms with Crippen molar-refractivity contribution in [1.29, 1.82) is 0 Å². The van der Waals surface area contributed by atoms with Crippen LogP contribution in [0.1, 0.15) is 0 Å². The van der Waals surface area contributed by atoms with Gasteiger partial charge in [0.05, 0.1) is 11.4 Å². The lowest BCUT2D eigenvalue weighted by molar-refractivity contribution is 1.19. The fraction of sp³-hybridized carbons (Fsp3) is 0. The molecule has 0 atom stereocenters. The van der Waals surface area contributed by atoms with Crippen molar-refractivity contribution < 1.29 is 0 Å². The minimum atomic E-state index is 0.714. The minimum Gasteiger partial charge on any atom is -0.228 e. The van der Waals surface area contributed by atoms with Crippen LogP contribution < -0.4 is 0 Å². The monoisotopic (exact) mass is 716 g/mol. The van der Waals surface area contributed by atoms with E-state index in [-0.39, 0.29) is 0 Å². The molecule has 0 radical (unpaired) electrons. The summed E-state index contributed by atoms with van der Waals surface area (Å²) in [6.07, 6.45) is 0. The highest BCUT2D eigenvalue weighted by atomic mass is 32.1. The molecular formula is C52H32N2S. The van der Waals surface area contributed by atoms with Gasteiger partial charge in [0.1, 0.15) is 0 Å². The first-order valence-corrected chi connectivity index (χ1v) is 19.5. The van der Waals surface area contributed by atoms with E-state index in [0.717, 1.165) is 44.4 Å². The number of hydrogen-bond acceptors (Lipinski definition) is 3. The first-order valence-electron chi connectivity index (χ1n) is 18.7. The average molecular weight is 717 g/mol. The van der Waals surface area contributed by atoms with E-state index in [1.165, 1.54) is 58.4 Å². The van der Waals surface area contributed by atoms with Crippen LogP contribution in [0.4, 0.5) is 0 Å². The molecule has 256 valence electrons. The van der Waals surface area contributed by atoms with Crippen LogP contribution in [0.3, 0.4) is 0 Å². The van der Waals surface area contributed by atoms with Crippen molar-refractivity contribution in [3.05, 3.63) is 194 Å². The molecule has 0 aliphatic carbocycles. The van der Waals surface area contributed by atoms with Crippen LogP contribution in [0.25, 0.3) is 109 Å². The zero-order valence-corrected chi connectivity index (χ0v) is 30.6. The lowest BCUT2D eigenvalue weighted by Crippen LogP contribution is -1.99. The van der Waals surface area contributed by atoms with Crippen molar-refractivity contribution in [2.45, 2.75) is 0 Å². The Morgan fingerprint density at radius 3 is 1.80 bits per heavy atom. The number of fused-ring (bicyclic) bond motifs is 7. The molecular weight excluding hydrogens is 685 g/mol.